The molecule has 0 N–H and O–H groups in total. The van der Waals surface area contributed by atoms with Gasteiger partial charge in [0.25, 0.3) is 5.69 Å². The summed E-state index contributed by atoms with van der Waals surface area (Å²) in [6.45, 7) is 1.86. The van der Waals surface area contributed by atoms with E-state index in [1.165, 1.54) is 0 Å². The fourth-order valence-corrected chi connectivity index (χ4v) is 2.44. The Hall–Kier alpha value is -1.44. The van der Waals surface area contributed by atoms with Crippen LogP contribution in [0.4, 0.5) is 24.5 Å². The molecule has 0 aliphatic heterocycles. The lowest BCUT2D eigenvalue weighted by Gasteiger charge is -2.26. The molecule has 1 unspecified atom stereocenters. The van der Waals surface area contributed by atoms with Gasteiger partial charge in [0.15, 0.2) is 0 Å². The summed E-state index contributed by atoms with van der Waals surface area (Å²) in [7, 11) is 1.64. The smallest absolute Gasteiger partial charge is 0.366 e. The lowest BCUT2D eigenvalue weighted by Crippen LogP contribution is -2.31. The summed E-state index contributed by atoms with van der Waals surface area (Å²) >= 11 is 1.56. The van der Waals surface area contributed by atoms with Gasteiger partial charge < -0.3 is 4.90 Å². The van der Waals surface area contributed by atoms with Gasteiger partial charge in [0.1, 0.15) is 5.69 Å². The Bertz CT molecular complexity index is 494. The number of thioether (sulfide) groups is 1. The second-order valence-corrected chi connectivity index (χ2v) is 5.28. The van der Waals surface area contributed by atoms with E-state index in [9.17, 15) is 23.3 Å². The van der Waals surface area contributed by atoms with Gasteiger partial charge in [0, 0.05) is 24.9 Å². The molecule has 0 bridgehead atoms. The first-order valence-electron chi connectivity index (χ1n) is 5.76. The summed E-state index contributed by atoms with van der Waals surface area (Å²) in [6, 6.07) is 2.57. The Kier molecular flexibility index (Phi) is 5.27. The Morgan fingerprint density at radius 2 is 2.05 bits per heavy atom. The molecule has 112 valence electrons. The molecule has 4 nitrogen and oxygen atoms in total. The molecule has 1 atom stereocenters. The highest BCUT2D eigenvalue weighted by molar-refractivity contribution is 7.98. The summed E-state index contributed by atoms with van der Waals surface area (Å²) in [5.74, 6) is 0.717. The molecule has 8 heteroatoms. The van der Waals surface area contributed by atoms with Gasteiger partial charge >= 0.3 is 6.18 Å². The maximum absolute atomic E-state index is 12.6. The lowest BCUT2D eigenvalue weighted by atomic mass is 10.1. The Morgan fingerprint density at radius 3 is 2.50 bits per heavy atom. The summed E-state index contributed by atoms with van der Waals surface area (Å²) in [5, 5.41) is 11.0. The van der Waals surface area contributed by atoms with E-state index in [0.717, 1.165) is 12.1 Å². The minimum absolute atomic E-state index is 0.0274. The highest BCUT2D eigenvalue weighted by Crippen LogP contribution is 2.36. The minimum Gasteiger partial charge on any atom is -0.366 e. The zero-order chi connectivity index (χ0) is 15.5. The summed E-state index contributed by atoms with van der Waals surface area (Å²) in [5.41, 5.74) is -1.36. The number of anilines is 1. The standard InChI is InChI=1S/C12H15F3N2O2S/c1-8(7-20-3)16(2)10-5-4-9(12(13,14)15)6-11(10)17(18)19/h4-6,8H,7H2,1-3H3. The van der Waals surface area contributed by atoms with E-state index in [1.807, 2.05) is 13.2 Å². The fraction of sp³-hybridized carbons (Fsp3) is 0.500. The Morgan fingerprint density at radius 1 is 1.45 bits per heavy atom. The Balaban J connectivity index is 3.24. The van der Waals surface area contributed by atoms with Gasteiger partial charge in [-0.05, 0) is 25.3 Å². The van der Waals surface area contributed by atoms with Crippen molar-refractivity contribution in [2.75, 3.05) is 24.0 Å². The zero-order valence-electron chi connectivity index (χ0n) is 11.3. The number of nitro groups is 1. The molecule has 0 spiro atoms. The third kappa shape index (κ3) is 3.78. The van der Waals surface area contributed by atoms with Crippen LogP contribution in [-0.2, 0) is 6.18 Å². The van der Waals surface area contributed by atoms with Crippen LogP contribution in [0.3, 0.4) is 0 Å². The third-order valence-electron chi connectivity index (χ3n) is 2.95. The molecule has 0 radical (unpaired) electrons. The van der Waals surface area contributed by atoms with E-state index in [4.69, 9.17) is 0 Å². The first-order valence-corrected chi connectivity index (χ1v) is 7.15. The number of hydrogen-bond donors (Lipinski definition) is 0. The van der Waals surface area contributed by atoms with E-state index in [0.29, 0.717) is 11.8 Å². The van der Waals surface area contributed by atoms with Crippen molar-refractivity contribution in [2.24, 2.45) is 0 Å². The number of hydrogen-bond acceptors (Lipinski definition) is 4. The average Bonchev–Trinajstić information content (AvgIpc) is 2.36. The average molecular weight is 308 g/mol. The summed E-state index contributed by atoms with van der Waals surface area (Å²) < 4.78 is 37.8. The van der Waals surface area contributed by atoms with Crippen molar-refractivity contribution in [3.63, 3.8) is 0 Å². The summed E-state index contributed by atoms with van der Waals surface area (Å²) in [6.07, 6.45) is -2.70. The molecule has 0 heterocycles. The zero-order valence-corrected chi connectivity index (χ0v) is 12.1. The first-order chi connectivity index (χ1) is 9.18. The van der Waals surface area contributed by atoms with Crippen LogP contribution < -0.4 is 4.90 Å². The van der Waals surface area contributed by atoms with Crippen LogP contribution in [0, 0.1) is 10.1 Å². The van der Waals surface area contributed by atoms with Crippen LogP contribution in [0.25, 0.3) is 0 Å². The molecule has 1 aromatic carbocycles. The SMILES string of the molecule is CSCC(C)N(C)c1ccc(C(F)(F)F)cc1[N+](=O)[O-]. The molecule has 0 amide bonds. The molecule has 0 aromatic heterocycles. The van der Waals surface area contributed by atoms with Crippen LogP contribution in [-0.4, -0.2) is 30.0 Å². The van der Waals surface area contributed by atoms with Gasteiger partial charge in [-0.1, -0.05) is 0 Å². The van der Waals surface area contributed by atoms with Crippen molar-refractivity contribution in [3.8, 4) is 0 Å². The van der Waals surface area contributed by atoms with Crippen molar-refractivity contribution in [2.45, 2.75) is 19.1 Å². The van der Waals surface area contributed by atoms with Gasteiger partial charge in [-0.25, -0.2) is 0 Å². The van der Waals surface area contributed by atoms with Crippen molar-refractivity contribution >= 4 is 23.1 Å². The second-order valence-electron chi connectivity index (χ2n) is 4.37. The van der Waals surface area contributed by atoms with Gasteiger partial charge in [0.2, 0.25) is 0 Å². The highest BCUT2D eigenvalue weighted by atomic mass is 32.2. The van der Waals surface area contributed by atoms with Crippen molar-refractivity contribution in [1.29, 1.82) is 0 Å². The molecular formula is C12H15F3N2O2S. The number of nitrogens with zero attached hydrogens (tertiary/aromatic N) is 2. The van der Waals surface area contributed by atoms with Crippen molar-refractivity contribution in [1.82, 2.24) is 0 Å². The van der Waals surface area contributed by atoms with E-state index in [-0.39, 0.29) is 11.7 Å². The predicted octanol–water partition coefficient (Wildman–Crippen LogP) is 3.80. The largest absolute Gasteiger partial charge is 0.416 e. The molecule has 0 fully saturated rings. The van der Waals surface area contributed by atoms with Crippen LogP contribution in [0.1, 0.15) is 12.5 Å². The topological polar surface area (TPSA) is 46.4 Å². The normalized spacial score (nSPS) is 13.1. The number of nitro benzene ring substituents is 1. The predicted molar refractivity (Wildman–Crippen MR) is 74.3 cm³/mol. The number of alkyl halides is 3. The molecule has 1 aromatic rings. The van der Waals surface area contributed by atoms with Gasteiger partial charge in [-0.3, -0.25) is 10.1 Å². The minimum atomic E-state index is -4.59. The monoisotopic (exact) mass is 308 g/mol. The van der Waals surface area contributed by atoms with Gasteiger partial charge in [-0.2, -0.15) is 24.9 Å². The maximum atomic E-state index is 12.6. The van der Waals surface area contributed by atoms with E-state index in [2.05, 4.69) is 0 Å². The molecule has 0 aliphatic carbocycles. The molecular weight excluding hydrogens is 293 g/mol. The molecule has 0 saturated carbocycles. The van der Waals surface area contributed by atoms with Crippen LogP contribution in [0.2, 0.25) is 0 Å². The molecule has 0 saturated heterocycles. The number of halogens is 3. The highest BCUT2D eigenvalue weighted by Gasteiger charge is 2.33. The van der Waals surface area contributed by atoms with E-state index in [1.54, 1.807) is 23.7 Å². The fourth-order valence-electron chi connectivity index (χ4n) is 1.73. The van der Waals surface area contributed by atoms with Gasteiger partial charge in [0.05, 0.1) is 10.5 Å². The summed E-state index contributed by atoms with van der Waals surface area (Å²) in [4.78, 5) is 11.8. The van der Waals surface area contributed by atoms with Gasteiger partial charge in [-0.15, -0.1) is 0 Å². The second kappa shape index (κ2) is 6.34. The number of benzene rings is 1. The molecule has 1 rings (SSSR count). The Labute approximate surface area is 119 Å². The van der Waals surface area contributed by atoms with Crippen molar-refractivity contribution in [3.05, 3.63) is 33.9 Å². The lowest BCUT2D eigenvalue weighted by molar-refractivity contribution is -0.384. The maximum Gasteiger partial charge on any atom is 0.416 e. The van der Waals surface area contributed by atoms with Crippen LogP contribution >= 0.6 is 11.8 Å². The molecule has 0 aliphatic rings. The number of rotatable bonds is 5. The third-order valence-corrected chi connectivity index (χ3v) is 3.76. The quantitative estimate of drug-likeness (QED) is 0.613. The molecule has 20 heavy (non-hydrogen) atoms. The van der Waals surface area contributed by atoms with Crippen LogP contribution in [0.15, 0.2) is 18.2 Å². The van der Waals surface area contributed by atoms with Crippen LogP contribution in [0.5, 0.6) is 0 Å². The van der Waals surface area contributed by atoms with Crippen molar-refractivity contribution < 1.29 is 18.1 Å². The first kappa shape index (κ1) is 16.6. The van der Waals surface area contributed by atoms with E-state index >= 15 is 0 Å². The van der Waals surface area contributed by atoms with E-state index < -0.39 is 22.4 Å².